The van der Waals surface area contributed by atoms with E-state index in [9.17, 15) is 0 Å². The molecule has 2 aromatic heterocycles. The van der Waals surface area contributed by atoms with Crippen LogP contribution in [0.3, 0.4) is 0 Å². The van der Waals surface area contributed by atoms with Crippen LogP contribution < -0.4 is 9.80 Å². The molecular weight excluding hydrogens is 284 g/mol. The van der Waals surface area contributed by atoms with Crippen molar-refractivity contribution in [1.29, 1.82) is 0 Å². The van der Waals surface area contributed by atoms with Crippen molar-refractivity contribution in [2.24, 2.45) is 0 Å². The lowest BCUT2D eigenvalue weighted by Gasteiger charge is -2.44. The van der Waals surface area contributed by atoms with Crippen LogP contribution in [0.1, 0.15) is 29.5 Å². The third-order valence-corrected chi connectivity index (χ3v) is 5.15. The molecule has 1 saturated carbocycles. The summed E-state index contributed by atoms with van der Waals surface area (Å²) in [6, 6.07) is 4.71. The van der Waals surface area contributed by atoms with Gasteiger partial charge in [-0.2, -0.15) is 5.10 Å². The van der Waals surface area contributed by atoms with Crippen LogP contribution in [-0.4, -0.2) is 46.6 Å². The molecule has 110 valence electrons. The molecule has 0 bridgehead atoms. The van der Waals surface area contributed by atoms with E-state index in [1.807, 2.05) is 6.92 Å². The number of hydrogen-bond acceptors (Lipinski definition) is 7. The first kappa shape index (κ1) is 12.9. The predicted octanol–water partition coefficient (Wildman–Crippen LogP) is 1.84. The van der Waals surface area contributed by atoms with Crippen molar-refractivity contribution in [3.63, 3.8) is 0 Å². The summed E-state index contributed by atoms with van der Waals surface area (Å²) in [5.74, 6) is 1.65. The second-order valence-electron chi connectivity index (χ2n) is 5.86. The van der Waals surface area contributed by atoms with Gasteiger partial charge in [0.25, 0.3) is 0 Å². The molecule has 1 aliphatic carbocycles. The maximum atomic E-state index is 4.36. The largest absolute Gasteiger partial charge is 0.351 e. The molecule has 0 unspecified atom stereocenters. The first-order valence-corrected chi connectivity index (χ1v) is 8.14. The SMILES string of the molecule is Cc1nnc(N(C)C2CN(c3ccc(C4CC4)nn3)C2)s1. The van der Waals surface area contributed by atoms with Crippen molar-refractivity contribution in [2.45, 2.75) is 31.7 Å². The van der Waals surface area contributed by atoms with Gasteiger partial charge in [0.15, 0.2) is 5.82 Å². The third kappa shape index (κ3) is 2.46. The Morgan fingerprint density at radius 2 is 1.95 bits per heavy atom. The normalized spacial score (nSPS) is 18.7. The second-order valence-corrected chi connectivity index (χ2v) is 7.02. The summed E-state index contributed by atoms with van der Waals surface area (Å²) in [6.07, 6.45) is 2.54. The van der Waals surface area contributed by atoms with Crippen molar-refractivity contribution in [3.05, 3.63) is 22.8 Å². The van der Waals surface area contributed by atoms with Crippen molar-refractivity contribution in [2.75, 3.05) is 29.9 Å². The van der Waals surface area contributed by atoms with Gasteiger partial charge in [-0.3, -0.25) is 0 Å². The maximum Gasteiger partial charge on any atom is 0.208 e. The average molecular weight is 302 g/mol. The Morgan fingerprint density at radius 1 is 1.14 bits per heavy atom. The lowest BCUT2D eigenvalue weighted by atomic mass is 10.1. The minimum atomic E-state index is 0.474. The zero-order valence-electron chi connectivity index (χ0n) is 12.2. The quantitative estimate of drug-likeness (QED) is 0.859. The highest BCUT2D eigenvalue weighted by atomic mass is 32.1. The van der Waals surface area contributed by atoms with E-state index in [0.717, 1.165) is 34.7 Å². The smallest absolute Gasteiger partial charge is 0.208 e. The summed E-state index contributed by atoms with van der Waals surface area (Å²) >= 11 is 1.64. The molecule has 2 aromatic rings. The van der Waals surface area contributed by atoms with E-state index in [4.69, 9.17) is 0 Å². The van der Waals surface area contributed by atoms with Crippen LogP contribution in [0.2, 0.25) is 0 Å². The summed E-state index contributed by atoms with van der Waals surface area (Å²) in [5, 5.41) is 19.0. The van der Waals surface area contributed by atoms with Crippen LogP contribution in [0.4, 0.5) is 10.9 Å². The summed E-state index contributed by atoms with van der Waals surface area (Å²) in [4.78, 5) is 4.48. The summed E-state index contributed by atoms with van der Waals surface area (Å²) in [7, 11) is 2.09. The third-order valence-electron chi connectivity index (χ3n) is 4.22. The maximum absolute atomic E-state index is 4.36. The van der Waals surface area contributed by atoms with Gasteiger partial charge in [0.2, 0.25) is 5.13 Å². The molecular formula is C14H18N6S. The number of rotatable bonds is 4. The molecule has 1 aliphatic heterocycles. The number of aromatic nitrogens is 4. The minimum absolute atomic E-state index is 0.474. The van der Waals surface area contributed by atoms with Gasteiger partial charge >= 0.3 is 0 Å². The number of anilines is 2. The first-order valence-electron chi connectivity index (χ1n) is 7.32. The van der Waals surface area contributed by atoms with Crippen molar-refractivity contribution < 1.29 is 0 Å². The molecule has 7 heteroatoms. The van der Waals surface area contributed by atoms with E-state index in [-0.39, 0.29) is 0 Å². The minimum Gasteiger partial charge on any atom is -0.351 e. The van der Waals surface area contributed by atoms with E-state index < -0.39 is 0 Å². The molecule has 4 rings (SSSR count). The van der Waals surface area contributed by atoms with E-state index in [0.29, 0.717) is 12.0 Å². The highest BCUT2D eigenvalue weighted by Crippen LogP contribution is 2.39. The molecule has 0 aromatic carbocycles. The van der Waals surface area contributed by atoms with Gasteiger partial charge in [-0.05, 0) is 31.9 Å². The van der Waals surface area contributed by atoms with E-state index in [1.165, 1.54) is 12.8 Å². The zero-order valence-corrected chi connectivity index (χ0v) is 13.0. The Balaban J connectivity index is 1.37. The van der Waals surface area contributed by atoms with Gasteiger partial charge in [0.1, 0.15) is 5.01 Å². The molecule has 6 nitrogen and oxygen atoms in total. The molecule has 1 saturated heterocycles. The summed E-state index contributed by atoms with van der Waals surface area (Å²) in [5.41, 5.74) is 1.15. The van der Waals surface area contributed by atoms with Crippen LogP contribution in [0.15, 0.2) is 12.1 Å². The van der Waals surface area contributed by atoms with Gasteiger partial charge in [0.05, 0.1) is 11.7 Å². The Labute approximate surface area is 127 Å². The molecule has 0 radical (unpaired) electrons. The molecule has 0 N–H and O–H groups in total. The predicted molar refractivity (Wildman–Crippen MR) is 83.1 cm³/mol. The van der Waals surface area contributed by atoms with Gasteiger partial charge in [0, 0.05) is 26.1 Å². The average Bonchev–Trinajstić information content (AvgIpc) is 3.20. The number of aryl methyl sites for hydroxylation is 1. The topological polar surface area (TPSA) is 58.0 Å². The first-order chi connectivity index (χ1) is 10.2. The van der Waals surface area contributed by atoms with Crippen LogP contribution >= 0.6 is 11.3 Å². The number of nitrogens with zero attached hydrogens (tertiary/aromatic N) is 6. The second kappa shape index (κ2) is 4.91. The highest BCUT2D eigenvalue weighted by Gasteiger charge is 2.33. The van der Waals surface area contributed by atoms with Gasteiger partial charge in [-0.1, -0.05) is 11.3 Å². The van der Waals surface area contributed by atoms with E-state index in [2.05, 4.69) is 49.4 Å². The molecule has 0 spiro atoms. The molecule has 21 heavy (non-hydrogen) atoms. The van der Waals surface area contributed by atoms with Gasteiger partial charge < -0.3 is 9.80 Å². The molecule has 2 fully saturated rings. The van der Waals surface area contributed by atoms with Gasteiger partial charge in [-0.15, -0.1) is 15.3 Å². The van der Waals surface area contributed by atoms with Gasteiger partial charge in [-0.25, -0.2) is 0 Å². The van der Waals surface area contributed by atoms with Crippen LogP contribution in [0, 0.1) is 6.92 Å². The fraction of sp³-hybridized carbons (Fsp3) is 0.571. The molecule has 0 amide bonds. The zero-order chi connectivity index (χ0) is 14.4. The van der Waals surface area contributed by atoms with Crippen molar-refractivity contribution >= 4 is 22.3 Å². The molecule has 3 heterocycles. The van der Waals surface area contributed by atoms with Crippen LogP contribution in [0.5, 0.6) is 0 Å². The van der Waals surface area contributed by atoms with Crippen LogP contribution in [-0.2, 0) is 0 Å². The fourth-order valence-electron chi connectivity index (χ4n) is 2.57. The van der Waals surface area contributed by atoms with E-state index in [1.54, 1.807) is 11.3 Å². The summed E-state index contributed by atoms with van der Waals surface area (Å²) < 4.78 is 0. The molecule has 0 atom stereocenters. The molecule has 2 aliphatic rings. The Kier molecular flexibility index (Phi) is 3.02. The van der Waals surface area contributed by atoms with Crippen LogP contribution in [0.25, 0.3) is 0 Å². The lowest BCUT2D eigenvalue weighted by Crippen LogP contribution is -2.59. The standard InChI is InChI=1S/C14H18N6S/c1-9-15-18-14(21-9)19(2)11-7-20(8-11)13-6-5-12(16-17-13)10-3-4-10/h5-6,10-11H,3-4,7-8H2,1-2H3. The Bertz CT molecular complexity index is 629. The van der Waals surface area contributed by atoms with Crippen molar-refractivity contribution in [1.82, 2.24) is 20.4 Å². The van der Waals surface area contributed by atoms with Crippen molar-refractivity contribution in [3.8, 4) is 0 Å². The monoisotopic (exact) mass is 302 g/mol. The Hall–Kier alpha value is -1.76. The Morgan fingerprint density at radius 3 is 2.52 bits per heavy atom. The fourth-order valence-corrected chi connectivity index (χ4v) is 3.29. The summed E-state index contributed by atoms with van der Waals surface area (Å²) in [6.45, 7) is 3.91. The number of hydrogen-bond donors (Lipinski definition) is 0. The lowest BCUT2D eigenvalue weighted by molar-refractivity contribution is 0.489. The highest BCUT2D eigenvalue weighted by molar-refractivity contribution is 7.15. The number of likely N-dealkylation sites (N-methyl/N-ethyl adjacent to an activating group) is 1. The van der Waals surface area contributed by atoms with E-state index >= 15 is 0 Å².